The van der Waals surface area contributed by atoms with Gasteiger partial charge in [0.25, 0.3) is 0 Å². The van der Waals surface area contributed by atoms with Gasteiger partial charge in [-0.15, -0.1) is 0 Å². The Kier molecular flexibility index (Phi) is 7.11. The monoisotopic (exact) mass is 197 g/mol. The summed E-state index contributed by atoms with van der Waals surface area (Å²) in [6.45, 7) is 0. The molecule has 0 fully saturated rings. The molecule has 0 saturated heterocycles. The molecule has 1 amide bonds. The molecule has 1 rings (SSSR count). The van der Waals surface area contributed by atoms with Gasteiger partial charge in [-0.2, -0.15) is 12.6 Å². The molecule has 13 heavy (non-hydrogen) atoms. The fourth-order valence-corrected chi connectivity index (χ4v) is 0.794. The van der Waals surface area contributed by atoms with E-state index in [0.717, 1.165) is 12.2 Å². The number of amides is 1. The van der Waals surface area contributed by atoms with Crippen LogP contribution in [0.1, 0.15) is 5.56 Å². The van der Waals surface area contributed by atoms with Gasteiger partial charge in [-0.25, -0.2) is 0 Å². The van der Waals surface area contributed by atoms with Gasteiger partial charge in [0.15, 0.2) is 0 Å². The van der Waals surface area contributed by atoms with Crippen molar-refractivity contribution in [2.75, 3.05) is 14.1 Å². The molecule has 0 saturated carbocycles. The lowest BCUT2D eigenvalue weighted by atomic mass is 10.2. The van der Waals surface area contributed by atoms with Crippen LogP contribution in [0.15, 0.2) is 30.3 Å². The summed E-state index contributed by atoms with van der Waals surface area (Å²) >= 11 is 4.11. The number of carbonyl (C=O) groups is 1. The number of hydrogen-bond acceptors (Lipinski definition) is 2. The zero-order chi connectivity index (χ0) is 10.1. The fraction of sp³-hybridized carbons (Fsp3) is 0.300. The van der Waals surface area contributed by atoms with Crippen LogP contribution in [0.2, 0.25) is 0 Å². The Morgan fingerprint density at radius 2 is 1.77 bits per heavy atom. The fourth-order valence-electron chi connectivity index (χ4n) is 0.583. The summed E-state index contributed by atoms with van der Waals surface area (Å²) in [5.41, 5.74) is 1.27. The van der Waals surface area contributed by atoms with Crippen molar-refractivity contribution in [3.8, 4) is 0 Å². The number of benzene rings is 1. The highest BCUT2D eigenvalue weighted by atomic mass is 32.1. The molecule has 0 aliphatic rings. The third kappa shape index (κ3) is 7.40. The normalized spacial score (nSPS) is 8.23. The first-order valence-electron chi connectivity index (χ1n) is 3.97. The highest BCUT2D eigenvalue weighted by Gasteiger charge is 1.80. The summed E-state index contributed by atoms with van der Waals surface area (Å²) in [5.74, 6) is 0.834. The van der Waals surface area contributed by atoms with Gasteiger partial charge >= 0.3 is 0 Å². The second kappa shape index (κ2) is 7.68. The van der Waals surface area contributed by atoms with E-state index < -0.39 is 0 Å². The number of rotatable bonds is 2. The van der Waals surface area contributed by atoms with Gasteiger partial charge in [0.1, 0.15) is 0 Å². The van der Waals surface area contributed by atoms with Crippen molar-refractivity contribution in [2.24, 2.45) is 0 Å². The molecular formula is C10H15NOS. The zero-order valence-electron chi connectivity index (χ0n) is 7.97. The van der Waals surface area contributed by atoms with Crippen LogP contribution in [-0.4, -0.2) is 25.4 Å². The molecule has 2 nitrogen and oxygen atoms in total. The van der Waals surface area contributed by atoms with E-state index in [1.165, 1.54) is 10.5 Å². The maximum atomic E-state index is 9.43. The molecular weight excluding hydrogens is 182 g/mol. The van der Waals surface area contributed by atoms with E-state index in [9.17, 15) is 4.79 Å². The standard InChI is InChI=1S/C7H8S.C3H7NO/c8-6-7-4-2-1-3-5-7;1-4(2)3-5/h1-5,8H,6H2;3H,1-2H3. The van der Waals surface area contributed by atoms with Crippen molar-refractivity contribution in [1.29, 1.82) is 0 Å². The van der Waals surface area contributed by atoms with E-state index in [-0.39, 0.29) is 0 Å². The van der Waals surface area contributed by atoms with Gasteiger partial charge < -0.3 is 4.90 Å². The minimum absolute atomic E-state index is 0.750. The van der Waals surface area contributed by atoms with Crippen LogP contribution in [0.3, 0.4) is 0 Å². The maximum Gasteiger partial charge on any atom is 0.209 e. The molecule has 0 bridgehead atoms. The lowest BCUT2D eigenvalue weighted by Gasteiger charge is -1.93. The number of nitrogens with zero attached hydrogens (tertiary/aromatic N) is 1. The van der Waals surface area contributed by atoms with Crippen LogP contribution in [0.5, 0.6) is 0 Å². The molecule has 0 radical (unpaired) electrons. The SMILES string of the molecule is CN(C)C=O.SCc1ccccc1. The first-order valence-corrected chi connectivity index (χ1v) is 4.60. The first kappa shape index (κ1) is 12.0. The van der Waals surface area contributed by atoms with E-state index in [0.29, 0.717) is 0 Å². The second-order valence-corrected chi connectivity index (χ2v) is 3.03. The van der Waals surface area contributed by atoms with Gasteiger partial charge in [-0.05, 0) is 5.56 Å². The molecule has 0 atom stereocenters. The third-order valence-electron chi connectivity index (χ3n) is 1.24. The van der Waals surface area contributed by atoms with Crippen LogP contribution >= 0.6 is 12.6 Å². The van der Waals surface area contributed by atoms with E-state index in [1.807, 2.05) is 18.2 Å². The van der Waals surface area contributed by atoms with Crippen molar-refractivity contribution in [3.63, 3.8) is 0 Å². The van der Waals surface area contributed by atoms with Crippen molar-refractivity contribution < 1.29 is 4.79 Å². The molecule has 0 spiro atoms. The van der Waals surface area contributed by atoms with Gasteiger partial charge in [-0.1, -0.05) is 30.3 Å². The van der Waals surface area contributed by atoms with Crippen LogP contribution in [0.25, 0.3) is 0 Å². The van der Waals surface area contributed by atoms with Gasteiger partial charge in [0.05, 0.1) is 0 Å². The lowest BCUT2D eigenvalue weighted by Crippen LogP contribution is -2.06. The van der Waals surface area contributed by atoms with E-state index in [2.05, 4.69) is 24.8 Å². The highest BCUT2D eigenvalue weighted by Crippen LogP contribution is 2.00. The molecule has 72 valence electrons. The predicted molar refractivity (Wildman–Crippen MR) is 58.9 cm³/mol. The summed E-state index contributed by atoms with van der Waals surface area (Å²) in [5, 5.41) is 0. The van der Waals surface area contributed by atoms with Gasteiger partial charge in [0, 0.05) is 19.8 Å². The van der Waals surface area contributed by atoms with Crippen LogP contribution in [0.4, 0.5) is 0 Å². The number of thiol groups is 1. The van der Waals surface area contributed by atoms with E-state index in [4.69, 9.17) is 0 Å². The average molecular weight is 197 g/mol. The van der Waals surface area contributed by atoms with Crippen molar-refractivity contribution in [1.82, 2.24) is 4.90 Å². The third-order valence-corrected chi connectivity index (χ3v) is 1.60. The maximum absolute atomic E-state index is 9.43. The summed E-state index contributed by atoms with van der Waals surface area (Å²) in [4.78, 5) is 10.9. The molecule has 1 aromatic carbocycles. The summed E-state index contributed by atoms with van der Waals surface area (Å²) < 4.78 is 0. The Morgan fingerprint density at radius 1 is 1.31 bits per heavy atom. The quantitative estimate of drug-likeness (QED) is 0.566. The van der Waals surface area contributed by atoms with Crippen molar-refractivity contribution in [2.45, 2.75) is 5.75 Å². The average Bonchev–Trinajstić information content (AvgIpc) is 2.20. The number of carbonyl (C=O) groups excluding carboxylic acids is 1. The minimum atomic E-state index is 0.750. The molecule has 0 aromatic heterocycles. The summed E-state index contributed by atoms with van der Waals surface area (Å²) in [7, 11) is 3.38. The topological polar surface area (TPSA) is 20.3 Å². The Hall–Kier alpha value is -0.960. The molecule has 1 aromatic rings. The number of hydrogen-bond donors (Lipinski definition) is 1. The van der Waals surface area contributed by atoms with Gasteiger partial charge in [0.2, 0.25) is 6.41 Å². The van der Waals surface area contributed by atoms with E-state index >= 15 is 0 Å². The highest BCUT2D eigenvalue weighted by molar-refractivity contribution is 7.79. The molecule has 0 aliphatic heterocycles. The first-order chi connectivity index (χ1) is 6.20. The van der Waals surface area contributed by atoms with Crippen LogP contribution in [-0.2, 0) is 10.5 Å². The molecule has 3 heteroatoms. The smallest absolute Gasteiger partial charge is 0.209 e. The molecule has 0 unspecified atom stereocenters. The van der Waals surface area contributed by atoms with E-state index in [1.54, 1.807) is 14.1 Å². The zero-order valence-corrected chi connectivity index (χ0v) is 8.87. The molecule has 0 heterocycles. The van der Waals surface area contributed by atoms with Crippen molar-refractivity contribution >= 4 is 19.0 Å². The Labute approximate surface area is 85.0 Å². The molecule has 0 N–H and O–H groups in total. The largest absolute Gasteiger partial charge is 0.351 e. The lowest BCUT2D eigenvalue weighted by molar-refractivity contribution is -0.115. The minimum Gasteiger partial charge on any atom is -0.351 e. The van der Waals surface area contributed by atoms with Crippen molar-refractivity contribution in [3.05, 3.63) is 35.9 Å². The summed E-state index contributed by atoms with van der Waals surface area (Å²) in [6.07, 6.45) is 0.750. The second-order valence-electron chi connectivity index (χ2n) is 2.71. The van der Waals surface area contributed by atoms with Gasteiger partial charge in [-0.3, -0.25) is 4.79 Å². The predicted octanol–water partition coefficient (Wildman–Crippen LogP) is 1.82. The van der Waals surface area contributed by atoms with Crippen LogP contribution in [0, 0.1) is 0 Å². The Morgan fingerprint density at radius 3 is 2.00 bits per heavy atom. The Balaban J connectivity index is 0.000000252. The summed E-state index contributed by atoms with van der Waals surface area (Å²) in [6, 6.07) is 10.2. The molecule has 0 aliphatic carbocycles. The Bertz CT molecular complexity index is 224. The van der Waals surface area contributed by atoms with Crippen LogP contribution < -0.4 is 0 Å².